The van der Waals surface area contributed by atoms with Crippen molar-refractivity contribution in [1.29, 1.82) is 0 Å². The van der Waals surface area contributed by atoms with Gasteiger partial charge in [-0.05, 0) is 80.6 Å². The number of fused-ring (bicyclic) bond motifs is 2. The number of benzene rings is 1. The van der Waals surface area contributed by atoms with E-state index in [1.54, 1.807) is 0 Å². The number of nitrogens with one attached hydrogen (secondary N) is 1. The molecule has 5 aliphatic rings. The van der Waals surface area contributed by atoms with Crippen molar-refractivity contribution in [2.75, 3.05) is 6.61 Å². The largest absolute Gasteiger partial charge is 0.481 e. The fraction of sp³-hybridized carbons (Fsp3) is 0.655. The standard InChI is InChI=1S/C29H39ClN2O4/c1-18-21-14-32(28-12-11-27(15-28,16-28)23(33)34)24(35)31-29(21,17-36-26(18,5)6)20-8-7-19(22(30)13-20)9-10-25(2,3)4/h7-8,13-14,18H,9-12,15-17H2,1-6H3,(H,31,35)(H,33,34)/t18?,27?,28?,29-/m1/s1. The molecule has 3 aliphatic carbocycles. The Balaban J connectivity index is 1.53. The van der Waals surface area contributed by atoms with Crippen LogP contribution in [0.3, 0.4) is 0 Å². The number of halogens is 1. The molecular formula is C29H39ClN2O4. The van der Waals surface area contributed by atoms with Crippen LogP contribution in [0.15, 0.2) is 30.0 Å². The highest BCUT2D eigenvalue weighted by atomic mass is 35.5. The minimum absolute atomic E-state index is 0.0239. The molecule has 1 unspecified atom stereocenters. The van der Waals surface area contributed by atoms with E-state index in [1.807, 2.05) is 17.2 Å². The van der Waals surface area contributed by atoms with Gasteiger partial charge in [0.05, 0.1) is 23.2 Å². The van der Waals surface area contributed by atoms with E-state index in [9.17, 15) is 14.7 Å². The second-order valence-electron chi connectivity index (χ2n) is 13.4. The summed E-state index contributed by atoms with van der Waals surface area (Å²) in [5.74, 6) is -0.715. The molecule has 7 heteroatoms. The molecule has 2 bridgehead atoms. The van der Waals surface area contributed by atoms with Gasteiger partial charge in [0.1, 0.15) is 5.54 Å². The number of amides is 2. The number of aliphatic carboxylic acids is 1. The molecule has 3 saturated carbocycles. The van der Waals surface area contributed by atoms with Crippen molar-refractivity contribution in [3.63, 3.8) is 0 Å². The van der Waals surface area contributed by atoms with Gasteiger partial charge in [0, 0.05) is 17.1 Å². The summed E-state index contributed by atoms with van der Waals surface area (Å²) in [5.41, 5.74) is 1.03. The highest BCUT2D eigenvalue weighted by Crippen LogP contribution is 2.65. The molecule has 1 aromatic carbocycles. The number of nitrogens with zero attached hydrogens (tertiary/aromatic N) is 1. The monoisotopic (exact) mass is 514 g/mol. The lowest BCUT2D eigenvalue weighted by Crippen LogP contribution is -2.68. The second-order valence-corrected chi connectivity index (χ2v) is 13.8. The van der Waals surface area contributed by atoms with Gasteiger partial charge in [0.25, 0.3) is 0 Å². The number of hydrogen-bond donors (Lipinski definition) is 2. The van der Waals surface area contributed by atoms with Crippen molar-refractivity contribution >= 4 is 23.6 Å². The van der Waals surface area contributed by atoms with E-state index in [1.165, 1.54) is 0 Å². The number of hydrogen-bond acceptors (Lipinski definition) is 3. The summed E-state index contributed by atoms with van der Waals surface area (Å²) >= 11 is 6.80. The Bertz CT molecular complexity index is 1140. The first-order valence-corrected chi connectivity index (χ1v) is 13.5. The van der Waals surface area contributed by atoms with Crippen molar-refractivity contribution in [1.82, 2.24) is 10.2 Å². The molecule has 6 nitrogen and oxygen atoms in total. The maximum Gasteiger partial charge on any atom is 0.322 e. The minimum Gasteiger partial charge on any atom is -0.481 e. The lowest BCUT2D eigenvalue weighted by Gasteiger charge is -2.57. The molecule has 2 aliphatic heterocycles. The zero-order valence-corrected chi connectivity index (χ0v) is 23.1. The number of carboxylic acids is 1. The van der Waals surface area contributed by atoms with Gasteiger partial charge in [0.15, 0.2) is 0 Å². The fourth-order valence-corrected chi connectivity index (χ4v) is 7.07. The summed E-state index contributed by atoms with van der Waals surface area (Å²) in [6, 6.07) is 5.96. The molecule has 2 N–H and O–H groups in total. The molecule has 0 radical (unpaired) electrons. The fourth-order valence-electron chi connectivity index (χ4n) is 6.80. The molecular weight excluding hydrogens is 476 g/mol. The van der Waals surface area contributed by atoms with Crippen LogP contribution in [0, 0.1) is 16.7 Å². The maximum atomic E-state index is 13.7. The number of rotatable bonds is 5. The van der Waals surface area contributed by atoms with Gasteiger partial charge in [-0.1, -0.05) is 51.4 Å². The summed E-state index contributed by atoms with van der Waals surface area (Å²) < 4.78 is 6.36. The van der Waals surface area contributed by atoms with Gasteiger partial charge in [-0.15, -0.1) is 0 Å². The Morgan fingerprint density at radius 2 is 1.94 bits per heavy atom. The van der Waals surface area contributed by atoms with E-state index < -0.39 is 28.1 Å². The van der Waals surface area contributed by atoms with Crippen LogP contribution < -0.4 is 5.32 Å². The molecule has 2 atom stereocenters. The Morgan fingerprint density at radius 3 is 2.53 bits per heavy atom. The van der Waals surface area contributed by atoms with Crippen LogP contribution >= 0.6 is 11.6 Å². The zero-order chi connectivity index (χ0) is 26.3. The molecule has 6 rings (SSSR count). The second kappa shape index (κ2) is 7.97. The van der Waals surface area contributed by atoms with Crippen molar-refractivity contribution in [3.8, 4) is 0 Å². The van der Waals surface area contributed by atoms with Crippen LogP contribution in [-0.4, -0.2) is 39.8 Å². The van der Waals surface area contributed by atoms with Crippen molar-refractivity contribution in [2.45, 2.75) is 96.7 Å². The van der Waals surface area contributed by atoms with Crippen LogP contribution in [0.25, 0.3) is 0 Å². The molecule has 2 heterocycles. The summed E-state index contributed by atoms with van der Waals surface area (Å²) in [7, 11) is 0. The normalized spacial score (nSPS) is 35.0. The maximum absolute atomic E-state index is 13.7. The third-order valence-corrected chi connectivity index (χ3v) is 9.88. The Morgan fingerprint density at radius 1 is 1.25 bits per heavy atom. The van der Waals surface area contributed by atoms with Crippen LogP contribution in [0.1, 0.15) is 84.8 Å². The number of ether oxygens (including phenoxy) is 1. The lowest BCUT2D eigenvalue weighted by atomic mass is 9.63. The Labute approximate surface area is 219 Å². The molecule has 36 heavy (non-hydrogen) atoms. The van der Waals surface area contributed by atoms with Gasteiger partial charge in [0.2, 0.25) is 0 Å². The van der Waals surface area contributed by atoms with Crippen molar-refractivity contribution in [3.05, 3.63) is 46.1 Å². The van der Waals surface area contributed by atoms with Crippen LogP contribution in [0.5, 0.6) is 0 Å². The van der Waals surface area contributed by atoms with E-state index in [0.717, 1.165) is 29.5 Å². The summed E-state index contributed by atoms with van der Waals surface area (Å²) in [6.07, 6.45) is 6.31. The van der Waals surface area contributed by atoms with Crippen LogP contribution in [-0.2, 0) is 21.5 Å². The van der Waals surface area contributed by atoms with Crippen LogP contribution in [0.2, 0.25) is 5.02 Å². The molecule has 0 spiro atoms. The van der Waals surface area contributed by atoms with Crippen molar-refractivity contribution in [2.24, 2.45) is 16.7 Å². The Hall–Kier alpha value is -2.05. The van der Waals surface area contributed by atoms with Crippen molar-refractivity contribution < 1.29 is 19.4 Å². The first-order valence-electron chi connectivity index (χ1n) is 13.1. The SMILES string of the molecule is CC1C2=CN(C34CCC(C(=O)O)(C3)C4)C(=O)N[C@@]2(c2ccc(CCC(C)(C)C)c(Cl)c2)COC1(C)C. The lowest BCUT2D eigenvalue weighted by molar-refractivity contribution is -0.156. The zero-order valence-electron chi connectivity index (χ0n) is 22.3. The topological polar surface area (TPSA) is 78.9 Å². The molecule has 1 saturated heterocycles. The average Bonchev–Trinajstić information content (AvgIpc) is 3.33. The van der Waals surface area contributed by atoms with Gasteiger partial charge in [-0.25, -0.2) is 4.79 Å². The molecule has 196 valence electrons. The van der Waals surface area contributed by atoms with Gasteiger partial charge in [-0.2, -0.15) is 0 Å². The molecule has 2 amide bonds. The molecule has 0 aromatic heterocycles. The number of carbonyl (C=O) groups is 2. The average molecular weight is 515 g/mol. The predicted octanol–water partition coefficient (Wildman–Crippen LogP) is 6.27. The third-order valence-electron chi connectivity index (χ3n) is 9.53. The van der Waals surface area contributed by atoms with Gasteiger partial charge >= 0.3 is 12.0 Å². The number of carboxylic acid groups (broad SMARTS) is 1. The van der Waals surface area contributed by atoms with Gasteiger partial charge in [-0.3, -0.25) is 9.69 Å². The first kappa shape index (κ1) is 25.6. The summed E-state index contributed by atoms with van der Waals surface area (Å²) in [6.45, 7) is 13.3. The number of carbonyl (C=O) groups excluding carboxylic acids is 1. The van der Waals surface area contributed by atoms with Crippen LogP contribution in [0.4, 0.5) is 4.79 Å². The number of urea groups is 1. The van der Waals surface area contributed by atoms with E-state index >= 15 is 0 Å². The highest BCUT2D eigenvalue weighted by molar-refractivity contribution is 6.31. The Kier molecular flexibility index (Phi) is 5.67. The van der Waals surface area contributed by atoms with E-state index in [0.29, 0.717) is 37.3 Å². The quantitative estimate of drug-likeness (QED) is 0.485. The predicted molar refractivity (Wildman–Crippen MR) is 140 cm³/mol. The summed E-state index contributed by atoms with van der Waals surface area (Å²) in [4.78, 5) is 27.4. The van der Waals surface area contributed by atoms with E-state index in [2.05, 4.69) is 59.0 Å². The molecule has 4 fully saturated rings. The summed E-state index contributed by atoms with van der Waals surface area (Å²) in [5, 5.41) is 13.8. The molecule has 1 aromatic rings. The van der Waals surface area contributed by atoms with E-state index in [-0.39, 0.29) is 17.4 Å². The third kappa shape index (κ3) is 3.78. The smallest absolute Gasteiger partial charge is 0.322 e. The number of aryl methyl sites for hydroxylation is 1. The van der Waals surface area contributed by atoms with Gasteiger partial charge < -0.3 is 15.2 Å². The highest BCUT2D eigenvalue weighted by Gasteiger charge is 2.69. The first-order chi connectivity index (χ1) is 16.6. The minimum atomic E-state index is -0.808. The van der Waals surface area contributed by atoms with E-state index in [4.69, 9.17) is 16.3 Å².